The number of rotatable bonds is 10. The monoisotopic (exact) mass is 446 g/mol. The summed E-state index contributed by atoms with van der Waals surface area (Å²) in [4.78, 5) is 11.5. The molecule has 1 aromatic carbocycles. The minimum atomic E-state index is 0.0905. The third-order valence-corrected chi connectivity index (χ3v) is 5.25. The molecule has 2 aromatic rings. The van der Waals surface area contributed by atoms with Gasteiger partial charge in [0.15, 0.2) is 23.3 Å². The van der Waals surface area contributed by atoms with Gasteiger partial charge in [-0.1, -0.05) is 11.2 Å². The summed E-state index contributed by atoms with van der Waals surface area (Å²) in [6, 6.07) is 6.15. The van der Waals surface area contributed by atoms with E-state index in [-0.39, 0.29) is 6.04 Å². The molecule has 176 valence electrons. The maximum Gasteiger partial charge on any atom is 0.228 e. The molecule has 0 spiro atoms. The van der Waals surface area contributed by atoms with Gasteiger partial charge in [0.1, 0.15) is 0 Å². The summed E-state index contributed by atoms with van der Waals surface area (Å²) in [7, 11) is 3.30. The first-order valence-electron chi connectivity index (χ1n) is 11.0. The van der Waals surface area contributed by atoms with E-state index in [2.05, 4.69) is 31.7 Å². The number of benzene rings is 1. The average Bonchev–Trinajstić information content (AvgIpc) is 3.24. The summed E-state index contributed by atoms with van der Waals surface area (Å²) in [6.07, 6.45) is 0.633. The molecule has 2 N–H and O–H groups in total. The van der Waals surface area contributed by atoms with E-state index < -0.39 is 0 Å². The van der Waals surface area contributed by atoms with E-state index in [1.54, 1.807) is 14.2 Å². The Morgan fingerprint density at radius 2 is 1.97 bits per heavy atom. The Morgan fingerprint density at radius 3 is 2.62 bits per heavy atom. The van der Waals surface area contributed by atoms with Crippen molar-refractivity contribution in [3.63, 3.8) is 0 Å². The highest BCUT2D eigenvalue weighted by molar-refractivity contribution is 5.79. The number of aliphatic imine (C=N–C) groups is 1. The molecule has 3 rings (SSSR count). The second kappa shape index (κ2) is 12.3. The smallest absolute Gasteiger partial charge is 0.228 e. The Morgan fingerprint density at radius 1 is 1.19 bits per heavy atom. The van der Waals surface area contributed by atoms with Crippen molar-refractivity contribution in [3.05, 3.63) is 35.5 Å². The second-order valence-electron chi connectivity index (χ2n) is 7.41. The van der Waals surface area contributed by atoms with Gasteiger partial charge in [-0.3, -0.25) is 9.89 Å². The number of guanidine groups is 1. The van der Waals surface area contributed by atoms with Gasteiger partial charge in [-0.15, -0.1) is 0 Å². The van der Waals surface area contributed by atoms with Crippen molar-refractivity contribution >= 4 is 5.96 Å². The third-order valence-electron chi connectivity index (χ3n) is 5.25. The highest BCUT2D eigenvalue weighted by Crippen LogP contribution is 2.32. The maximum atomic E-state index is 5.56. The quantitative estimate of drug-likeness (QED) is 0.415. The number of hydrogen-bond acceptors (Lipinski definition) is 8. The van der Waals surface area contributed by atoms with Crippen molar-refractivity contribution in [2.45, 2.75) is 26.3 Å². The van der Waals surface area contributed by atoms with Crippen LogP contribution in [0.3, 0.4) is 0 Å². The molecule has 0 amide bonds. The lowest BCUT2D eigenvalue weighted by molar-refractivity contribution is 0.0179. The first kappa shape index (κ1) is 23.8. The van der Waals surface area contributed by atoms with Crippen molar-refractivity contribution in [2.24, 2.45) is 4.99 Å². The van der Waals surface area contributed by atoms with E-state index in [0.29, 0.717) is 42.7 Å². The summed E-state index contributed by atoms with van der Waals surface area (Å²) in [5.41, 5.74) is 1.13. The van der Waals surface area contributed by atoms with Crippen LogP contribution < -0.4 is 20.1 Å². The number of nitrogens with one attached hydrogen (secondary N) is 2. The molecule has 1 saturated heterocycles. The lowest BCUT2D eigenvalue weighted by Gasteiger charge is -2.34. The van der Waals surface area contributed by atoms with Gasteiger partial charge in [-0.2, -0.15) is 4.98 Å². The fraction of sp³-hybridized carbons (Fsp3) is 0.591. The Labute approximate surface area is 189 Å². The SMILES string of the molecule is CCNC(=NCC(c1ccc(OC)c(OC)c1)N1CCOCC1)NCCc1nc(C)no1. The van der Waals surface area contributed by atoms with Crippen LogP contribution in [0, 0.1) is 6.92 Å². The Kier molecular flexibility index (Phi) is 9.12. The number of methoxy groups -OCH3 is 2. The number of hydrogen-bond donors (Lipinski definition) is 2. The molecule has 0 saturated carbocycles. The molecule has 10 heteroatoms. The number of ether oxygens (including phenoxy) is 3. The largest absolute Gasteiger partial charge is 0.493 e. The lowest BCUT2D eigenvalue weighted by Crippen LogP contribution is -2.42. The zero-order valence-electron chi connectivity index (χ0n) is 19.4. The van der Waals surface area contributed by atoms with Gasteiger partial charge in [0.25, 0.3) is 0 Å². The normalized spacial score (nSPS) is 15.9. The molecule has 0 bridgehead atoms. The second-order valence-corrected chi connectivity index (χ2v) is 7.41. The fourth-order valence-electron chi connectivity index (χ4n) is 3.63. The van der Waals surface area contributed by atoms with E-state index in [9.17, 15) is 0 Å². The van der Waals surface area contributed by atoms with Crippen LogP contribution in [0.5, 0.6) is 11.5 Å². The van der Waals surface area contributed by atoms with Gasteiger partial charge in [0.05, 0.1) is 40.0 Å². The maximum absolute atomic E-state index is 5.56. The van der Waals surface area contributed by atoms with E-state index in [1.165, 1.54) is 0 Å². The fourth-order valence-corrected chi connectivity index (χ4v) is 3.63. The van der Waals surface area contributed by atoms with E-state index in [1.807, 2.05) is 26.0 Å². The van der Waals surface area contributed by atoms with Crippen molar-refractivity contribution in [2.75, 3.05) is 60.2 Å². The molecule has 0 radical (unpaired) electrons. The zero-order chi connectivity index (χ0) is 22.8. The van der Waals surface area contributed by atoms with Crippen LogP contribution in [0.4, 0.5) is 0 Å². The van der Waals surface area contributed by atoms with Crippen LogP contribution in [-0.2, 0) is 11.2 Å². The predicted octanol–water partition coefficient (Wildman–Crippen LogP) is 1.57. The number of morpholine rings is 1. The molecule has 10 nitrogen and oxygen atoms in total. The third kappa shape index (κ3) is 6.57. The molecule has 0 aliphatic carbocycles. The summed E-state index contributed by atoms with van der Waals surface area (Å²) >= 11 is 0. The lowest BCUT2D eigenvalue weighted by atomic mass is 10.0. The predicted molar refractivity (Wildman–Crippen MR) is 121 cm³/mol. The minimum absolute atomic E-state index is 0.0905. The summed E-state index contributed by atoms with van der Waals surface area (Å²) < 4.78 is 21.7. The minimum Gasteiger partial charge on any atom is -0.493 e. The molecule has 1 aliphatic heterocycles. The molecule has 1 fully saturated rings. The van der Waals surface area contributed by atoms with Crippen molar-refractivity contribution in [1.82, 2.24) is 25.7 Å². The highest BCUT2D eigenvalue weighted by Gasteiger charge is 2.24. The van der Waals surface area contributed by atoms with Crippen LogP contribution in [0.2, 0.25) is 0 Å². The molecule has 1 atom stereocenters. The first-order valence-corrected chi connectivity index (χ1v) is 11.0. The van der Waals surface area contributed by atoms with Crippen LogP contribution in [0.1, 0.15) is 30.2 Å². The average molecular weight is 447 g/mol. The van der Waals surface area contributed by atoms with Gasteiger partial charge >= 0.3 is 0 Å². The van der Waals surface area contributed by atoms with Crippen LogP contribution in [0.25, 0.3) is 0 Å². The summed E-state index contributed by atoms with van der Waals surface area (Å²) in [6.45, 7) is 9.01. The molecule has 32 heavy (non-hydrogen) atoms. The van der Waals surface area contributed by atoms with Crippen molar-refractivity contribution in [3.8, 4) is 11.5 Å². The van der Waals surface area contributed by atoms with Crippen LogP contribution >= 0.6 is 0 Å². The Hall–Kier alpha value is -2.85. The number of nitrogens with zero attached hydrogens (tertiary/aromatic N) is 4. The molecular formula is C22H34N6O4. The van der Waals surface area contributed by atoms with Gasteiger partial charge < -0.3 is 29.4 Å². The topological polar surface area (TPSA) is 106 Å². The summed E-state index contributed by atoms with van der Waals surface area (Å²) in [5, 5.41) is 10.5. The number of aryl methyl sites for hydroxylation is 1. The van der Waals surface area contributed by atoms with Crippen molar-refractivity contribution < 1.29 is 18.7 Å². The van der Waals surface area contributed by atoms with Crippen LogP contribution in [-0.4, -0.2) is 81.2 Å². The zero-order valence-corrected chi connectivity index (χ0v) is 19.4. The van der Waals surface area contributed by atoms with E-state index in [0.717, 1.165) is 44.4 Å². The highest BCUT2D eigenvalue weighted by atomic mass is 16.5. The first-order chi connectivity index (χ1) is 15.6. The van der Waals surface area contributed by atoms with E-state index >= 15 is 0 Å². The molecule has 2 heterocycles. The standard InChI is InChI=1S/C22H34N6O4/c1-5-23-22(24-9-8-21-26-16(2)27-32-21)25-15-18(28-10-12-31-13-11-28)17-6-7-19(29-3)20(14-17)30-4/h6-7,14,18H,5,8-13,15H2,1-4H3,(H2,23,24,25). The van der Waals surface area contributed by atoms with Gasteiger partial charge in [0.2, 0.25) is 5.89 Å². The van der Waals surface area contributed by atoms with Gasteiger partial charge in [0, 0.05) is 32.6 Å². The van der Waals surface area contributed by atoms with Gasteiger partial charge in [-0.05, 0) is 31.5 Å². The molecular weight excluding hydrogens is 412 g/mol. The molecule has 1 aromatic heterocycles. The van der Waals surface area contributed by atoms with Gasteiger partial charge in [-0.25, -0.2) is 0 Å². The Balaban J connectivity index is 1.73. The van der Waals surface area contributed by atoms with Crippen LogP contribution in [0.15, 0.2) is 27.7 Å². The molecule has 1 aliphatic rings. The molecule has 1 unspecified atom stereocenters. The number of aromatic nitrogens is 2. The Bertz CT molecular complexity index is 866. The van der Waals surface area contributed by atoms with E-state index in [4.69, 9.17) is 23.7 Å². The van der Waals surface area contributed by atoms with Crippen molar-refractivity contribution in [1.29, 1.82) is 0 Å². The summed E-state index contributed by atoms with van der Waals surface area (Å²) in [5.74, 6) is 3.44.